The van der Waals surface area contributed by atoms with E-state index in [0.717, 1.165) is 30.1 Å². The summed E-state index contributed by atoms with van der Waals surface area (Å²) >= 11 is 18.1. The summed E-state index contributed by atoms with van der Waals surface area (Å²) in [5, 5.41) is 5.44. The number of rotatable bonds is 4. The van der Waals surface area contributed by atoms with Gasteiger partial charge in [0.25, 0.3) is 0 Å². The maximum Gasteiger partial charge on any atom is 0.0772 e. The van der Waals surface area contributed by atoms with Crippen molar-refractivity contribution in [3.8, 4) is 0 Å². The number of ether oxygens (including phenoxy) is 1. The number of benzene rings is 2. The molecule has 0 bridgehead atoms. The highest BCUT2D eigenvalue weighted by Gasteiger charge is 2.27. The van der Waals surface area contributed by atoms with Gasteiger partial charge in [-0.1, -0.05) is 53.0 Å². The van der Waals surface area contributed by atoms with Crippen LogP contribution < -0.4 is 5.32 Å². The molecule has 0 aromatic heterocycles. The lowest BCUT2D eigenvalue weighted by atomic mass is 9.88. The van der Waals surface area contributed by atoms with Crippen LogP contribution in [0.4, 0.5) is 0 Å². The van der Waals surface area contributed by atoms with Crippen LogP contribution >= 0.6 is 34.8 Å². The minimum Gasteiger partial charge on any atom is -0.372 e. The summed E-state index contributed by atoms with van der Waals surface area (Å²) in [5.41, 5.74) is 2.22. The molecule has 1 N–H and O–H groups in total. The van der Waals surface area contributed by atoms with Crippen LogP contribution in [0.2, 0.25) is 15.1 Å². The van der Waals surface area contributed by atoms with E-state index < -0.39 is 0 Å². The van der Waals surface area contributed by atoms with Crippen molar-refractivity contribution in [3.05, 3.63) is 68.7 Å². The van der Waals surface area contributed by atoms with Crippen molar-refractivity contribution in [3.63, 3.8) is 0 Å². The van der Waals surface area contributed by atoms with E-state index in [4.69, 9.17) is 39.5 Å². The maximum absolute atomic E-state index is 6.22. The third-order valence-corrected chi connectivity index (χ3v) is 5.03. The predicted octanol–water partition coefficient (Wildman–Crippen LogP) is 5.31. The highest BCUT2D eigenvalue weighted by molar-refractivity contribution is 6.35. The Hall–Kier alpha value is -0.770. The lowest BCUT2D eigenvalue weighted by Crippen LogP contribution is -2.40. The first-order chi connectivity index (χ1) is 11.1. The molecule has 122 valence electrons. The molecule has 3 rings (SSSR count). The van der Waals surface area contributed by atoms with Gasteiger partial charge < -0.3 is 10.1 Å². The minimum absolute atomic E-state index is 0.108. The van der Waals surface area contributed by atoms with Crippen molar-refractivity contribution < 1.29 is 4.74 Å². The molecule has 2 atom stereocenters. The number of hydrogen-bond donors (Lipinski definition) is 1. The zero-order valence-electron chi connectivity index (χ0n) is 12.6. The van der Waals surface area contributed by atoms with E-state index >= 15 is 0 Å². The lowest BCUT2D eigenvalue weighted by Gasteiger charge is -2.32. The van der Waals surface area contributed by atoms with Gasteiger partial charge in [0.2, 0.25) is 0 Å². The molecule has 0 spiro atoms. The molecule has 0 aliphatic carbocycles. The van der Waals surface area contributed by atoms with Crippen LogP contribution in [0.5, 0.6) is 0 Å². The van der Waals surface area contributed by atoms with E-state index in [0.29, 0.717) is 22.6 Å². The average molecular weight is 371 g/mol. The standard InChI is InChI=1S/C18H18Cl3NO/c19-14-4-1-12(2-5-14)16-7-8-22-10-18(16)23-11-13-3-6-15(20)9-17(13)21/h1-6,9,16,18,22H,7-8,10-11H2. The van der Waals surface area contributed by atoms with Gasteiger partial charge in [-0.3, -0.25) is 0 Å². The molecule has 1 fully saturated rings. The highest BCUT2D eigenvalue weighted by Crippen LogP contribution is 2.30. The first-order valence-corrected chi connectivity index (χ1v) is 8.78. The summed E-state index contributed by atoms with van der Waals surface area (Å²) in [5.74, 6) is 0.361. The average Bonchev–Trinajstić information content (AvgIpc) is 2.55. The second-order valence-electron chi connectivity index (χ2n) is 5.74. The summed E-state index contributed by atoms with van der Waals surface area (Å²) in [4.78, 5) is 0. The maximum atomic E-state index is 6.22. The van der Waals surface area contributed by atoms with E-state index in [1.807, 2.05) is 24.3 Å². The fraction of sp³-hybridized carbons (Fsp3) is 0.333. The number of piperidine rings is 1. The van der Waals surface area contributed by atoms with E-state index in [1.54, 1.807) is 6.07 Å². The molecule has 2 aromatic carbocycles. The molecule has 2 nitrogen and oxygen atoms in total. The van der Waals surface area contributed by atoms with E-state index in [2.05, 4.69) is 17.4 Å². The van der Waals surface area contributed by atoms with Gasteiger partial charge in [0.1, 0.15) is 0 Å². The van der Waals surface area contributed by atoms with Gasteiger partial charge in [-0.25, -0.2) is 0 Å². The van der Waals surface area contributed by atoms with E-state index in [9.17, 15) is 0 Å². The van der Waals surface area contributed by atoms with Crippen LogP contribution in [-0.2, 0) is 11.3 Å². The fourth-order valence-corrected chi connectivity index (χ4v) is 3.52. The Morgan fingerprint density at radius 2 is 1.74 bits per heavy atom. The summed E-state index contributed by atoms with van der Waals surface area (Å²) in [6.45, 7) is 2.31. The van der Waals surface area contributed by atoms with Gasteiger partial charge in [0.15, 0.2) is 0 Å². The first kappa shape index (κ1) is 17.1. The largest absolute Gasteiger partial charge is 0.372 e. The van der Waals surface area contributed by atoms with Gasteiger partial charge in [0, 0.05) is 27.5 Å². The molecule has 5 heteroatoms. The molecular formula is C18H18Cl3NO. The van der Waals surface area contributed by atoms with Crippen molar-refractivity contribution in [2.75, 3.05) is 13.1 Å². The minimum atomic E-state index is 0.108. The molecule has 2 aromatic rings. The SMILES string of the molecule is Clc1ccc(C2CCNCC2OCc2ccc(Cl)cc2Cl)cc1. The van der Waals surface area contributed by atoms with E-state index in [1.165, 1.54) is 5.56 Å². The first-order valence-electron chi connectivity index (χ1n) is 7.65. The molecule has 0 radical (unpaired) electrons. The normalized spacial score (nSPS) is 21.3. The molecule has 1 aliphatic rings. The third kappa shape index (κ3) is 4.40. The van der Waals surface area contributed by atoms with Crippen LogP contribution in [0.25, 0.3) is 0 Å². The summed E-state index contributed by atoms with van der Waals surface area (Å²) in [6, 6.07) is 13.5. The van der Waals surface area contributed by atoms with Crippen molar-refractivity contribution in [2.45, 2.75) is 25.0 Å². The Bertz CT molecular complexity index is 660. The van der Waals surface area contributed by atoms with Crippen molar-refractivity contribution in [2.24, 2.45) is 0 Å². The van der Waals surface area contributed by atoms with Gasteiger partial charge in [-0.2, -0.15) is 0 Å². The van der Waals surface area contributed by atoms with E-state index in [-0.39, 0.29) is 6.10 Å². The van der Waals surface area contributed by atoms with Crippen LogP contribution in [0.3, 0.4) is 0 Å². The van der Waals surface area contributed by atoms with Gasteiger partial charge in [0.05, 0.1) is 12.7 Å². The Kier molecular flexibility index (Phi) is 5.84. The van der Waals surface area contributed by atoms with Crippen LogP contribution in [0.15, 0.2) is 42.5 Å². The zero-order valence-corrected chi connectivity index (χ0v) is 14.8. The monoisotopic (exact) mass is 369 g/mol. The van der Waals surface area contributed by atoms with Crippen LogP contribution in [0.1, 0.15) is 23.5 Å². The molecule has 2 unspecified atom stereocenters. The van der Waals surface area contributed by atoms with Gasteiger partial charge >= 0.3 is 0 Å². The van der Waals surface area contributed by atoms with Gasteiger partial charge in [-0.15, -0.1) is 0 Å². The lowest BCUT2D eigenvalue weighted by molar-refractivity contribution is 0.0106. The van der Waals surface area contributed by atoms with Crippen LogP contribution in [-0.4, -0.2) is 19.2 Å². The number of nitrogens with one attached hydrogen (secondary N) is 1. The predicted molar refractivity (Wildman–Crippen MR) is 96.7 cm³/mol. The fourth-order valence-electron chi connectivity index (χ4n) is 2.93. The Balaban J connectivity index is 1.70. The highest BCUT2D eigenvalue weighted by atomic mass is 35.5. The van der Waals surface area contributed by atoms with Crippen LogP contribution in [0, 0.1) is 0 Å². The van der Waals surface area contributed by atoms with Gasteiger partial charge in [-0.05, 0) is 48.4 Å². The Morgan fingerprint density at radius 1 is 1.00 bits per heavy atom. The van der Waals surface area contributed by atoms with Crippen molar-refractivity contribution in [1.29, 1.82) is 0 Å². The number of halogens is 3. The molecule has 23 heavy (non-hydrogen) atoms. The Labute approximate surface area is 151 Å². The quantitative estimate of drug-likeness (QED) is 0.787. The summed E-state index contributed by atoms with van der Waals surface area (Å²) in [6.07, 6.45) is 1.15. The summed E-state index contributed by atoms with van der Waals surface area (Å²) in [7, 11) is 0. The topological polar surface area (TPSA) is 21.3 Å². The smallest absolute Gasteiger partial charge is 0.0772 e. The second kappa shape index (κ2) is 7.87. The third-order valence-electron chi connectivity index (χ3n) is 4.19. The molecule has 0 amide bonds. The molecule has 1 heterocycles. The molecule has 1 aliphatic heterocycles. The molecule has 0 saturated carbocycles. The molecular weight excluding hydrogens is 353 g/mol. The second-order valence-corrected chi connectivity index (χ2v) is 7.02. The summed E-state index contributed by atoms with van der Waals surface area (Å²) < 4.78 is 6.16. The Morgan fingerprint density at radius 3 is 2.48 bits per heavy atom. The zero-order chi connectivity index (χ0) is 16.2. The number of hydrogen-bond acceptors (Lipinski definition) is 2. The van der Waals surface area contributed by atoms with Crippen molar-refractivity contribution >= 4 is 34.8 Å². The molecule has 1 saturated heterocycles. The van der Waals surface area contributed by atoms with Crippen molar-refractivity contribution in [1.82, 2.24) is 5.32 Å².